The Bertz CT molecular complexity index is 523. The van der Waals surface area contributed by atoms with E-state index in [1.165, 1.54) is 7.11 Å². The lowest BCUT2D eigenvalue weighted by atomic mass is 10.2. The van der Waals surface area contributed by atoms with Gasteiger partial charge in [-0.15, -0.1) is 12.4 Å². The molecular weight excluding hydrogens is 316 g/mol. The Morgan fingerprint density at radius 2 is 1.86 bits per heavy atom. The average Bonchev–Trinajstić information content (AvgIpc) is 2.42. The molecule has 0 saturated carbocycles. The number of methoxy groups -OCH3 is 2. The van der Waals surface area contributed by atoms with E-state index in [0.717, 1.165) is 5.56 Å². The Balaban J connectivity index is 0.00000400. The van der Waals surface area contributed by atoms with E-state index in [-0.39, 0.29) is 17.3 Å². The van der Waals surface area contributed by atoms with Crippen LogP contribution in [-0.4, -0.2) is 48.9 Å². The van der Waals surface area contributed by atoms with Crippen LogP contribution in [0.15, 0.2) is 23.1 Å². The number of benzene rings is 1. The van der Waals surface area contributed by atoms with Gasteiger partial charge in [0.25, 0.3) is 0 Å². The summed E-state index contributed by atoms with van der Waals surface area (Å²) in [6, 6.07) is 5.06. The van der Waals surface area contributed by atoms with Crippen molar-refractivity contribution in [3.63, 3.8) is 0 Å². The topological polar surface area (TPSA) is 76.7 Å². The van der Waals surface area contributed by atoms with E-state index in [0.29, 0.717) is 32.0 Å². The molecule has 122 valence electrons. The molecule has 0 saturated heterocycles. The molecule has 2 N–H and O–H groups in total. The van der Waals surface area contributed by atoms with Crippen LogP contribution in [0.4, 0.5) is 0 Å². The summed E-state index contributed by atoms with van der Waals surface area (Å²) >= 11 is 0. The Kier molecular flexibility index (Phi) is 9.56. The highest BCUT2D eigenvalue weighted by Crippen LogP contribution is 2.24. The molecule has 21 heavy (non-hydrogen) atoms. The molecular formula is C13H23ClN2O4S. The van der Waals surface area contributed by atoms with Crippen LogP contribution in [0.25, 0.3) is 0 Å². The van der Waals surface area contributed by atoms with Crippen molar-refractivity contribution < 1.29 is 17.9 Å². The van der Waals surface area contributed by atoms with Gasteiger partial charge in [-0.05, 0) is 24.6 Å². The van der Waals surface area contributed by atoms with Crippen molar-refractivity contribution in [3.8, 4) is 5.75 Å². The zero-order chi connectivity index (χ0) is 15.0. The molecule has 0 atom stereocenters. The van der Waals surface area contributed by atoms with E-state index < -0.39 is 10.0 Å². The van der Waals surface area contributed by atoms with Gasteiger partial charge in [-0.1, -0.05) is 6.07 Å². The molecule has 0 radical (unpaired) electrons. The highest BCUT2D eigenvalue weighted by Gasteiger charge is 2.18. The number of nitrogens with one attached hydrogen (secondary N) is 2. The second kappa shape index (κ2) is 9.97. The van der Waals surface area contributed by atoms with E-state index in [4.69, 9.17) is 9.47 Å². The molecule has 0 aliphatic rings. The monoisotopic (exact) mass is 338 g/mol. The van der Waals surface area contributed by atoms with E-state index in [1.807, 2.05) is 13.0 Å². The van der Waals surface area contributed by atoms with Crippen molar-refractivity contribution in [1.82, 2.24) is 10.0 Å². The predicted octanol–water partition coefficient (Wildman–Crippen LogP) is 0.940. The molecule has 0 aliphatic heterocycles. The largest absolute Gasteiger partial charge is 0.495 e. The Hall–Kier alpha value is -0.860. The van der Waals surface area contributed by atoms with Crippen molar-refractivity contribution in [2.24, 2.45) is 0 Å². The minimum atomic E-state index is -3.56. The van der Waals surface area contributed by atoms with Crippen LogP contribution in [0.1, 0.15) is 5.56 Å². The maximum absolute atomic E-state index is 12.2. The fraction of sp³-hybridized carbons (Fsp3) is 0.538. The molecule has 0 unspecified atom stereocenters. The van der Waals surface area contributed by atoms with Crippen LogP contribution in [0.2, 0.25) is 0 Å². The Morgan fingerprint density at radius 1 is 1.14 bits per heavy atom. The third-order valence-electron chi connectivity index (χ3n) is 2.69. The number of ether oxygens (including phenoxy) is 2. The molecule has 6 nitrogen and oxygen atoms in total. The summed E-state index contributed by atoms with van der Waals surface area (Å²) in [5.74, 6) is 0.343. The van der Waals surface area contributed by atoms with Crippen LogP contribution >= 0.6 is 12.4 Å². The van der Waals surface area contributed by atoms with Gasteiger partial charge >= 0.3 is 0 Å². The van der Waals surface area contributed by atoms with Crippen LogP contribution < -0.4 is 14.8 Å². The third kappa shape index (κ3) is 6.62. The molecule has 8 heteroatoms. The van der Waals surface area contributed by atoms with Gasteiger partial charge in [-0.3, -0.25) is 0 Å². The number of hydrogen-bond acceptors (Lipinski definition) is 5. The minimum Gasteiger partial charge on any atom is -0.495 e. The first kappa shape index (κ1) is 20.1. The molecule has 0 spiro atoms. The normalized spacial score (nSPS) is 11.0. The van der Waals surface area contributed by atoms with Crippen molar-refractivity contribution >= 4 is 22.4 Å². The van der Waals surface area contributed by atoms with Gasteiger partial charge < -0.3 is 14.8 Å². The first-order valence-electron chi connectivity index (χ1n) is 6.35. The van der Waals surface area contributed by atoms with Crippen LogP contribution in [-0.2, 0) is 14.8 Å². The molecule has 1 rings (SSSR count). The number of hydrogen-bond donors (Lipinski definition) is 2. The second-order valence-corrected chi connectivity index (χ2v) is 6.03. The molecule has 0 fully saturated rings. The van der Waals surface area contributed by atoms with Gasteiger partial charge in [0.05, 0.1) is 13.7 Å². The van der Waals surface area contributed by atoms with Crippen LogP contribution in [0.5, 0.6) is 5.75 Å². The van der Waals surface area contributed by atoms with Gasteiger partial charge in [0.1, 0.15) is 10.6 Å². The van der Waals surface area contributed by atoms with Crippen molar-refractivity contribution in [3.05, 3.63) is 23.8 Å². The fourth-order valence-corrected chi connectivity index (χ4v) is 2.93. The highest BCUT2D eigenvalue weighted by atomic mass is 35.5. The van der Waals surface area contributed by atoms with Crippen LogP contribution in [0.3, 0.4) is 0 Å². The maximum atomic E-state index is 12.2. The maximum Gasteiger partial charge on any atom is 0.244 e. The van der Waals surface area contributed by atoms with Crippen molar-refractivity contribution in [2.45, 2.75) is 11.8 Å². The predicted molar refractivity (Wildman–Crippen MR) is 84.9 cm³/mol. The van der Waals surface area contributed by atoms with Gasteiger partial charge in [0.15, 0.2) is 0 Å². The van der Waals surface area contributed by atoms with E-state index >= 15 is 0 Å². The molecule has 1 aromatic carbocycles. The number of sulfonamides is 1. The summed E-state index contributed by atoms with van der Waals surface area (Å²) in [5.41, 5.74) is 0.865. The summed E-state index contributed by atoms with van der Waals surface area (Å²) in [6.07, 6.45) is 0. The molecule has 1 aromatic rings. The lowest BCUT2D eigenvalue weighted by Crippen LogP contribution is -2.33. The number of aryl methyl sites for hydroxylation is 1. The smallest absolute Gasteiger partial charge is 0.244 e. The van der Waals surface area contributed by atoms with Crippen LogP contribution in [0, 0.1) is 6.92 Å². The van der Waals surface area contributed by atoms with Crippen molar-refractivity contribution in [1.29, 1.82) is 0 Å². The highest BCUT2D eigenvalue weighted by molar-refractivity contribution is 7.89. The summed E-state index contributed by atoms with van der Waals surface area (Å²) in [4.78, 5) is 0.164. The second-order valence-electron chi connectivity index (χ2n) is 4.29. The van der Waals surface area contributed by atoms with Gasteiger partial charge in [0.2, 0.25) is 10.0 Å². The Morgan fingerprint density at radius 3 is 2.48 bits per heavy atom. The third-order valence-corrected chi connectivity index (χ3v) is 4.17. The first-order chi connectivity index (χ1) is 9.51. The minimum absolute atomic E-state index is 0. The lowest BCUT2D eigenvalue weighted by molar-refractivity contribution is 0.199. The lowest BCUT2D eigenvalue weighted by Gasteiger charge is -2.11. The van der Waals surface area contributed by atoms with E-state index in [9.17, 15) is 8.42 Å². The number of rotatable bonds is 9. The molecule has 0 heterocycles. The Labute approximate surface area is 132 Å². The summed E-state index contributed by atoms with van der Waals surface area (Å²) in [5, 5.41) is 3.07. The van der Waals surface area contributed by atoms with Gasteiger partial charge in [0, 0.05) is 26.7 Å². The number of halogens is 1. The zero-order valence-electron chi connectivity index (χ0n) is 12.5. The fourth-order valence-electron chi connectivity index (χ4n) is 1.64. The van der Waals surface area contributed by atoms with E-state index in [1.54, 1.807) is 19.2 Å². The molecule has 0 bridgehead atoms. The standard InChI is InChI=1S/C13H22N2O4S.ClH/c1-11-4-5-12(19-3)13(10-11)20(16,17)15-7-6-14-8-9-18-2;/h4-5,10,14-15H,6-9H2,1-3H3;1H. The first-order valence-corrected chi connectivity index (χ1v) is 7.83. The molecule has 0 aromatic heterocycles. The van der Waals surface area contributed by atoms with Gasteiger partial charge in [-0.2, -0.15) is 0 Å². The van der Waals surface area contributed by atoms with Crippen molar-refractivity contribution in [2.75, 3.05) is 40.5 Å². The average molecular weight is 339 g/mol. The summed E-state index contributed by atoms with van der Waals surface area (Å²) < 4.78 is 36.9. The summed E-state index contributed by atoms with van der Waals surface area (Å²) in [7, 11) is -0.491. The summed E-state index contributed by atoms with van der Waals surface area (Å²) in [6.45, 7) is 3.97. The molecule has 0 aliphatic carbocycles. The van der Waals surface area contributed by atoms with Gasteiger partial charge in [-0.25, -0.2) is 13.1 Å². The quantitative estimate of drug-likeness (QED) is 0.655. The van der Waals surface area contributed by atoms with E-state index in [2.05, 4.69) is 10.0 Å². The molecule has 0 amide bonds. The SMILES string of the molecule is COCCNCCNS(=O)(=O)c1cc(C)ccc1OC.Cl. The zero-order valence-corrected chi connectivity index (χ0v) is 14.1.